The van der Waals surface area contributed by atoms with Crippen molar-refractivity contribution in [3.63, 3.8) is 0 Å². The van der Waals surface area contributed by atoms with Gasteiger partial charge in [-0.25, -0.2) is 9.18 Å². The highest BCUT2D eigenvalue weighted by Crippen LogP contribution is 2.30. The first-order valence-electron chi connectivity index (χ1n) is 7.19. The fourth-order valence-corrected chi connectivity index (χ4v) is 2.94. The van der Waals surface area contributed by atoms with Gasteiger partial charge in [-0.3, -0.25) is 13.9 Å². The molecule has 5 nitrogen and oxygen atoms in total. The van der Waals surface area contributed by atoms with Crippen LogP contribution in [0.5, 0.6) is 0 Å². The van der Waals surface area contributed by atoms with Crippen LogP contribution >= 0.6 is 15.9 Å². The second kappa shape index (κ2) is 5.62. The maximum atomic E-state index is 13.8. The molecule has 1 saturated carbocycles. The summed E-state index contributed by atoms with van der Waals surface area (Å²) in [6.45, 7) is 1.77. The average Bonchev–Trinajstić information content (AvgIpc) is 3.30. The highest BCUT2D eigenvalue weighted by molar-refractivity contribution is 9.10. The molecule has 0 saturated heterocycles. The second-order valence-electron chi connectivity index (χ2n) is 5.83. The predicted molar refractivity (Wildman–Crippen MR) is 84.6 cm³/mol. The molecule has 1 aliphatic carbocycles. The van der Waals surface area contributed by atoms with Gasteiger partial charge >= 0.3 is 5.69 Å². The number of aliphatic hydroxyl groups excluding tert-OH is 1. The Balaban J connectivity index is 2.39. The quantitative estimate of drug-likeness (QED) is 0.895. The van der Waals surface area contributed by atoms with Crippen molar-refractivity contribution < 1.29 is 9.50 Å². The Morgan fingerprint density at radius 3 is 2.68 bits per heavy atom. The van der Waals surface area contributed by atoms with Crippen LogP contribution in [0.4, 0.5) is 4.39 Å². The van der Waals surface area contributed by atoms with Gasteiger partial charge in [-0.15, -0.1) is 0 Å². The van der Waals surface area contributed by atoms with Gasteiger partial charge < -0.3 is 5.11 Å². The van der Waals surface area contributed by atoms with Crippen molar-refractivity contribution in [3.05, 3.63) is 43.3 Å². The molecule has 1 N–H and O–H groups in total. The van der Waals surface area contributed by atoms with Crippen LogP contribution in [0.25, 0.3) is 10.9 Å². The van der Waals surface area contributed by atoms with E-state index in [1.54, 1.807) is 6.92 Å². The number of halogens is 2. The van der Waals surface area contributed by atoms with E-state index >= 15 is 0 Å². The van der Waals surface area contributed by atoms with Crippen molar-refractivity contribution in [2.24, 2.45) is 5.92 Å². The highest BCUT2D eigenvalue weighted by Gasteiger charge is 2.25. The van der Waals surface area contributed by atoms with Crippen LogP contribution in [-0.4, -0.2) is 20.8 Å². The third-order valence-electron chi connectivity index (χ3n) is 4.05. The molecule has 1 heterocycles. The van der Waals surface area contributed by atoms with E-state index in [1.165, 1.54) is 15.2 Å². The fraction of sp³-hybridized carbons (Fsp3) is 0.467. The first-order chi connectivity index (χ1) is 10.4. The molecule has 2 aromatic rings. The number of aromatic nitrogens is 2. The van der Waals surface area contributed by atoms with Gasteiger partial charge in [-0.05, 0) is 53.7 Å². The smallest absolute Gasteiger partial charge is 0.331 e. The summed E-state index contributed by atoms with van der Waals surface area (Å²) in [4.78, 5) is 25.2. The van der Waals surface area contributed by atoms with E-state index in [9.17, 15) is 19.1 Å². The van der Waals surface area contributed by atoms with E-state index in [4.69, 9.17) is 0 Å². The summed E-state index contributed by atoms with van der Waals surface area (Å²) in [5.41, 5.74) is -0.689. The summed E-state index contributed by atoms with van der Waals surface area (Å²) >= 11 is 3.08. The number of hydrogen-bond acceptors (Lipinski definition) is 3. The molecule has 3 rings (SSSR count). The minimum absolute atomic E-state index is 0.178. The highest BCUT2D eigenvalue weighted by atomic mass is 79.9. The third-order valence-corrected chi connectivity index (χ3v) is 4.66. The molecule has 0 spiro atoms. The second-order valence-corrected chi connectivity index (χ2v) is 6.68. The molecule has 22 heavy (non-hydrogen) atoms. The monoisotopic (exact) mass is 370 g/mol. The van der Waals surface area contributed by atoms with E-state index in [2.05, 4.69) is 15.9 Å². The molecular weight excluding hydrogens is 355 g/mol. The van der Waals surface area contributed by atoms with Crippen molar-refractivity contribution in [1.82, 2.24) is 9.13 Å². The van der Waals surface area contributed by atoms with Gasteiger partial charge in [0.2, 0.25) is 0 Å². The molecule has 1 aromatic carbocycles. The number of hydrogen-bond donors (Lipinski definition) is 1. The lowest BCUT2D eigenvalue weighted by Crippen LogP contribution is -2.42. The standard InChI is InChI=1S/C15H16BrFN2O3/c1-8(7-20)19-13-5-12(17)11(16)4-10(13)14(21)18(15(19)22)6-9-2-3-9/h4-5,8-9,20H,2-3,6-7H2,1H3. The van der Waals surface area contributed by atoms with E-state index in [0.29, 0.717) is 12.5 Å². The summed E-state index contributed by atoms with van der Waals surface area (Å²) < 4.78 is 16.5. The van der Waals surface area contributed by atoms with E-state index < -0.39 is 23.1 Å². The summed E-state index contributed by atoms with van der Waals surface area (Å²) in [5, 5.41) is 9.67. The molecule has 0 radical (unpaired) electrons. The Labute approximate surface area is 134 Å². The first kappa shape index (κ1) is 15.4. The lowest BCUT2D eigenvalue weighted by atomic mass is 10.2. The molecular formula is C15H16BrFN2O3. The number of fused-ring (bicyclic) bond motifs is 1. The Morgan fingerprint density at radius 1 is 1.41 bits per heavy atom. The van der Waals surface area contributed by atoms with E-state index in [1.807, 2.05) is 0 Å². The Hall–Kier alpha value is -1.47. The van der Waals surface area contributed by atoms with Crippen molar-refractivity contribution in [2.75, 3.05) is 6.61 Å². The lowest BCUT2D eigenvalue weighted by Gasteiger charge is -2.18. The molecule has 0 aliphatic heterocycles. The first-order valence-corrected chi connectivity index (χ1v) is 7.98. The van der Waals surface area contributed by atoms with Crippen LogP contribution in [0.1, 0.15) is 25.8 Å². The predicted octanol–water partition coefficient (Wildman–Crippen LogP) is 2.03. The Bertz CT molecular complexity index is 854. The van der Waals surface area contributed by atoms with Gasteiger partial charge in [0.1, 0.15) is 5.82 Å². The van der Waals surface area contributed by atoms with Crippen molar-refractivity contribution in [3.8, 4) is 0 Å². The molecule has 0 amide bonds. The van der Waals surface area contributed by atoms with E-state index in [-0.39, 0.29) is 22.0 Å². The number of aliphatic hydroxyl groups is 1. The van der Waals surface area contributed by atoms with E-state index in [0.717, 1.165) is 18.9 Å². The fourth-order valence-electron chi connectivity index (χ4n) is 2.60. The third kappa shape index (κ3) is 2.52. The van der Waals surface area contributed by atoms with Crippen LogP contribution in [-0.2, 0) is 6.54 Å². The average molecular weight is 371 g/mol. The van der Waals surface area contributed by atoms with Gasteiger partial charge in [0.15, 0.2) is 0 Å². The Morgan fingerprint density at radius 2 is 2.09 bits per heavy atom. The maximum absolute atomic E-state index is 13.8. The minimum atomic E-state index is -0.551. The molecule has 1 aromatic heterocycles. The summed E-state index contributed by atoms with van der Waals surface area (Å²) in [5.74, 6) is -0.199. The summed E-state index contributed by atoms with van der Waals surface area (Å²) in [7, 11) is 0. The minimum Gasteiger partial charge on any atom is -0.394 e. The van der Waals surface area contributed by atoms with Crippen molar-refractivity contribution in [2.45, 2.75) is 32.4 Å². The zero-order valence-corrected chi connectivity index (χ0v) is 13.6. The maximum Gasteiger partial charge on any atom is 0.331 e. The SMILES string of the molecule is CC(CO)n1c(=O)n(CC2CC2)c(=O)c2cc(Br)c(F)cc21. The topological polar surface area (TPSA) is 64.2 Å². The van der Waals surface area contributed by atoms with Crippen LogP contribution < -0.4 is 11.2 Å². The molecule has 0 bridgehead atoms. The number of rotatable bonds is 4. The molecule has 118 valence electrons. The zero-order valence-electron chi connectivity index (χ0n) is 12.1. The molecule has 1 fully saturated rings. The number of nitrogens with zero attached hydrogens (tertiary/aromatic N) is 2. The van der Waals surface area contributed by atoms with Gasteiger partial charge in [0, 0.05) is 6.54 Å². The van der Waals surface area contributed by atoms with Gasteiger partial charge in [-0.1, -0.05) is 0 Å². The van der Waals surface area contributed by atoms with Crippen molar-refractivity contribution in [1.29, 1.82) is 0 Å². The van der Waals surface area contributed by atoms with Crippen molar-refractivity contribution >= 4 is 26.8 Å². The van der Waals surface area contributed by atoms with Crippen LogP contribution in [0.3, 0.4) is 0 Å². The Kier molecular flexibility index (Phi) is 3.94. The normalized spacial score (nSPS) is 16.2. The largest absolute Gasteiger partial charge is 0.394 e. The van der Waals surface area contributed by atoms with Gasteiger partial charge in [0.25, 0.3) is 5.56 Å². The van der Waals surface area contributed by atoms with Crippen LogP contribution in [0.2, 0.25) is 0 Å². The van der Waals surface area contributed by atoms with Gasteiger partial charge in [-0.2, -0.15) is 0 Å². The van der Waals surface area contributed by atoms with Gasteiger partial charge in [0.05, 0.1) is 28.0 Å². The summed E-state index contributed by atoms with van der Waals surface area (Å²) in [6.07, 6.45) is 2.01. The van der Waals surface area contributed by atoms with Crippen LogP contribution in [0.15, 0.2) is 26.2 Å². The van der Waals surface area contributed by atoms with Crippen LogP contribution in [0, 0.1) is 11.7 Å². The zero-order chi connectivity index (χ0) is 16.0. The molecule has 7 heteroatoms. The molecule has 1 unspecified atom stereocenters. The molecule has 1 atom stereocenters. The summed E-state index contributed by atoms with van der Waals surface area (Å²) in [6, 6.07) is 2.02. The lowest BCUT2D eigenvalue weighted by molar-refractivity contribution is 0.236. The number of benzene rings is 1. The molecule has 1 aliphatic rings.